The number of hydrogen-bond acceptors (Lipinski definition) is 6. The van der Waals surface area contributed by atoms with Gasteiger partial charge in [-0.25, -0.2) is 0 Å². The zero-order chi connectivity index (χ0) is 18.4. The zero-order valence-corrected chi connectivity index (χ0v) is 14.3. The molecule has 0 unspecified atom stereocenters. The van der Waals surface area contributed by atoms with Gasteiger partial charge in [0.15, 0.2) is 0 Å². The lowest BCUT2D eigenvalue weighted by Gasteiger charge is -2.20. The fourth-order valence-corrected chi connectivity index (χ4v) is 2.15. The molecule has 136 valence electrons. The third-order valence-electron chi connectivity index (χ3n) is 3.32. The van der Waals surface area contributed by atoms with E-state index in [1.165, 1.54) is 6.92 Å². The lowest BCUT2D eigenvalue weighted by molar-refractivity contribution is -0.143. The second-order valence-corrected chi connectivity index (χ2v) is 5.44. The zero-order valence-electron chi connectivity index (χ0n) is 13.6. The number of ether oxygens (including phenoxy) is 1. The van der Waals surface area contributed by atoms with Crippen LogP contribution in [-0.4, -0.2) is 34.3 Å². The summed E-state index contributed by atoms with van der Waals surface area (Å²) in [5, 5.41) is 4.93. The number of nitrogens with one attached hydrogen (secondary N) is 2. The highest BCUT2D eigenvalue weighted by Crippen LogP contribution is 2.25. The predicted molar refractivity (Wildman–Crippen MR) is 88.9 cm³/mol. The van der Waals surface area contributed by atoms with Crippen molar-refractivity contribution >= 4 is 23.5 Å². The third kappa shape index (κ3) is 5.63. The van der Waals surface area contributed by atoms with Crippen LogP contribution in [0.25, 0.3) is 0 Å². The molecule has 25 heavy (non-hydrogen) atoms. The van der Waals surface area contributed by atoms with E-state index in [1.807, 2.05) is 12.1 Å². The van der Waals surface area contributed by atoms with Gasteiger partial charge in [0.1, 0.15) is 11.8 Å². The van der Waals surface area contributed by atoms with Gasteiger partial charge in [0, 0.05) is 6.54 Å². The number of aromatic nitrogens is 3. The van der Waals surface area contributed by atoms with Gasteiger partial charge in [0.25, 0.3) is 0 Å². The van der Waals surface area contributed by atoms with Gasteiger partial charge in [-0.2, -0.15) is 28.1 Å². The summed E-state index contributed by atoms with van der Waals surface area (Å²) in [6.45, 7) is 1.77. The second kappa shape index (κ2) is 8.19. The first-order chi connectivity index (χ1) is 11.8. The second-order valence-electron chi connectivity index (χ2n) is 5.10. The molecule has 0 aliphatic heterocycles. The first-order valence-corrected chi connectivity index (χ1v) is 7.81. The lowest BCUT2D eigenvalue weighted by atomic mass is 10.2. The van der Waals surface area contributed by atoms with E-state index in [4.69, 9.17) is 16.3 Å². The van der Waals surface area contributed by atoms with Crippen molar-refractivity contribution in [1.29, 1.82) is 0 Å². The van der Waals surface area contributed by atoms with Crippen LogP contribution in [0.3, 0.4) is 0 Å². The normalized spacial score (nSPS) is 12.6. The van der Waals surface area contributed by atoms with Crippen LogP contribution in [0, 0.1) is 0 Å². The van der Waals surface area contributed by atoms with Crippen LogP contribution in [0.2, 0.25) is 5.28 Å². The maximum absolute atomic E-state index is 12.8. The molecule has 1 heterocycles. The Morgan fingerprint density at radius 3 is 2.32 bits per heavy atom. The molecular formula is C15H17ClF3N5O. The Morgan fingerprint density at radius 1 is 1.12 bits per heavy atom. The van der Waals surface area contributed by atoms with Crippen LogP contribution in [0.5, 0.6) is 5.75 Å². The molecule has 0 spiro atoms. The van der Waals surface area contributed by atoms with E-state index in [0.29, 0.717) is 6.54 Å². The van der Waals surface area contributed by atoms with Crippen LogP contribution in [0.1, 0.15) is 18.9 Å². The standard InChI is InChI=1S/C15H17ClF3N5O/c1-3-11(15(17,18)19)21-14-23-12(16)22-13(24-14)20-8-9-4-6-10(25-2)7-5-9/h4-7,11H,3,8H2,1-2H3,(H2,20,21,22,23,24)/t11-/m1/s1. The molecule has 0 bridgehead atoms. The topological polar surface area (TPSA) is 72.0 Å². The molecule has 0 aliphatic carbocycles. The van der Waals surface area contributed by atoms with Crippen molar-refractivity contribution < 1.29 is 17.9 Å². The van der Waals surface area contributed by atoms with E-state index in [-0.39, 0.29) is 23.6 Å². The van der Waals surface area contributed by atoms with Crippen molar-refractivity contribution in [3.8, 4) is 5.75 Å². The van der Waals surface area contributed by atoms with E-state index in [9.17, 15) is 13.2 Å². The smallest absolute Gasteiger partial charge is 0.408 e. The van der Waals surface area contributed by atoms with Crippen LogP contribution in [0.15, 0.2) is 24.3 Å². The van der Waals surface area contributed by atoms with Crippen molar-refractivity contribution in [1.82, 2.24) is 15.0 Å². The molecule has 2 N–H and O–H groups in total. The molecule has 0 aliphatic rings. The molecule has 2 rings (SSSR count). The average molecular weight is 376 g/mol. The van der Waals surface area contributed by atoms with Crippen LogP contribution in [-0.2, 0) is 6.54 Å². The number of alkyl halides is 3. The number of methoxy groups -OCH3 is 1. The maximum Gasteiger partial charge on any atom is 0.408 e. The van der Waals surface area contributed by atoms with Crippen molar-refractivity contribution in [2.24, 2.45) is 0 Å². The molecule has 10 heteroatoms. The Labute approximate surface area is 147 Å². The molecular weight excluding hydrogens is 359 g/mol. The Morgan fingerprint density at radius 2 is 1.76 bits per heavy atom. The minimum absolute atomic E-state index is 0.0790. The molecule has 1 atom stereocenters. The van der Waals surface area contributed by atoms with Gasteiger partial charge in [0.05, 0.1) is 7.11 Å². The summed E-state index contributed by atoms with van der Waals surface area (Å²) in [5.41, 5.74) is 0.911. The quantitative estimate of drug-likeness (QED) is 0.764. The van der Waals surface area contributed by atoms with Crippen LogP contribution >= 0.6 is 11.6 Å². The van der Waals surface area contributed by atoms with Crippen molar-refractivity contribution in [2.45, 2.75) is 32.1 Å². The van der Waals surface area contributed by atoms with Gasteiger partial charge in [0.2, 0.25) is 17.2 Å². The average Bonchev–Trinajstić information content (AvgIpc) is 2.57. The van der Waals surface area contributed by atoms with Crippen LogP contribution in [0.4, 0.5) is 25.1 Å². The molecule has 0 amide bonds. The van der Waals surface area contributed by atoms with Gasteiger partial charge in [-0.15, -0.1) is 0 Å². The molecule has 0 saturated carbocycles. The molecule has 0 fully saturated rings. The fraction of sp³-hybridized carbons (Fsp3) is 0.400. The lowest BCUT2D eigenvalue weighted by Crippen LogP contribution is -2.36. The molecule has 0 radical (unpaired) electrons. The van der Waals surface area contributed by atoms with E-state index >= 15 is 0 Å². The van der Waals surface area contributed by atoms with Gasteiger partial charge in [-0.05, 0) is 35.7 Å². The van der Waals surface area contributed by atoms with Crippen LogP contribution < -0.4 is 15.4 Å². The summed E-state index contributed by atoms with van der Waals surface area (Å²) in [4.78, 5) is 11.5. The molecule has 1 aromatic heterocycles. The van der Waals surface area contributed by atoms with Crippen molar-refractivity contribution in [3.63, 3.8) is 0 Å². The van der Waals surface area contributed by atoms with Gasteiger partial charge >= 0.3 is 6.18 Å². The minimum atomic E-state index is -4.41. The van der Waals surface area contributed by atoms with E-state index in [0.717, 1.165) is 11.3 Å². The highest BCUT2D eigenvalue weighted by Gasteiger charge is 2.38. The molecule has 0 saturated heterocycles. The third-order valence-corrected chi connectivity index (χ3v) is 3.49. The first kappa shape index (κ1) is 19.0. The summed E-state index contributed by atoms with van der Waals surface area (Å²) in [5.74, 6) is 0.563. The van der Waals surface area contributed by atoms with Gasteiger partial charge in [-0.1, -0.05) is 19.1 Å². The van der Waals surface area contributed by atoms with E-state index < -0.39 is 12.2 Å². The summed E-state index contributed by atoms with van der Waals surface area (Å²) in [6, 6.07) is 5.49. The first-order valence-electron chi connectivity index (χ1n) is 7.43. The fourth-order valence-electron chi connectivity index (χ4n) is 1.99. The summed E-state index contributed by atoms with van der Waals surface area (Å²) in [7, 11) is 1.57. The highest BCUT2D eigenvalue weighted by atomic mass is 35.5. The SMILES string of the molecule is CC[C@@H](Nc1nc(Cl)nc(NCc2ccc(OC)cc2)n1)C(F)(F)F. The summed E-state index contributed by atoms with van der Waals surface area (Å²) >= 11 is 5.77. The molecule has 2 aromatic rings. The molecule has 1 aromatic carbocycles. The number of halogens is 4. The number of hydrogen-bond donors (Lipinski definition) is 2. The van der Waals surface area contributed by atoms with Crippen molar-refractivity contribution in [3.05, 3.63) is 35.1 Å². The minimum Gasteiger partial charge on any atom is -0.497 e. The van der Waals surface area contributed by atoms with Crippen molar-refractivity contribution in [2.75, 3.05) is 17.7 Å². The number of nitrogens with zero attached hydrogens (tertiary/aromatic N) is 3. The van der Waals surface area contributed by atoms with E-state index in [1.54, 1.807) is 19.2 Å². The Hall–Kier alpha value is -2.29. The summed E-state index contributed by atoms with van der Waals surface area (Å²) < 4.78 is 43.6. The largest absolute Gasteiger partial charge is 0.497 e. The maximum atomic E-state index is 12.8. The molecule has 6 nitrogen and oxygen atoms in total. The van der Waals surface area contributed by atoms with E-state index in [2.05, 4.69) is 25.6 Å². The Balaban J connectivity index is 2.07. The summed E-state index contributed by atoms with van der Waals surface area (Å²) in [6.07, 6.45) is -4.58. The number of rotatable bonds is 7. The Bertz CT molecular complexity index is 697. The predicted octanol–water partition coefficient (Wildman–Crippen LogP) is 3.90. The highest BCUT2D eigenvalue weighted by molar-refractivity contribution is 6.28. The number of anilines is 2. The van der Waals surface area contributed by atoms with Gasteiger partial charge < -0.3 is 15.4 Å². The van der Waals surface area contributed by atoms with Gasteiger partial charge in [-0.3, -0.25) is 0 Å². The Kier molecular flexibility index (Phi) is 6.24. The number of benzene rings is 1. The monoisotopic (exact) mass is 375 g/mol.